The fourth-order valence-electron chi connectivity index (χ4n) is 6.17. The quantitative estimate of drug-likeness (QED) is 0.353. The summed E-state index contributed by atoms with van der Waals surface area (Å²) in [4.78, 5) is 40.3. The fourth-order valence-corrected chi connectivity index (χ4v) is 10.7. The summed E-state index contributed by atoms with van der Waals surface area (Å²) in [5.41, 5.74) is -0.550. The number of ether oxygens (including phenoxy) is 1. The van der Waals surface area contributed by atoms with E-state index in [-0.39, 0.29) is 29.6 Å². The minimum Gasteiger partial charge on any atom is -0.405 e. The number of amides is 1. The van der Waals surface area contributed by atoms with Crippen LogP contribution in [0.2, 0.25) is 5.04 Å². The Kier molecular flexibility index (Phi) is 8.46. The zero-order valence-electron chi connectivity index (χ0n) is 24.2. The van der Waals surface area contributed by atoms with Gasteiger partial charge in [-0.15, -0.1) is 0 Å². The molecular formula is C31H40N4O5Si. The molecule has 2 fully saturated rings. The third-order valence-electron chi connectivity index (χ3n) is 8.28. The van der Waals surface area contributed by atoms with E-state index in [9.17, 15) is 14.4 Å². The molecule has 4 atom stereocenters. The van der Waals surface area contributed by atoms with Crippen LogP contribution in [0.5, 0.6) is 0 Å². The predicted molar refractivity (Wildman–Crippen MR) is 161 cm³/mol. The van der Waals surface area contributed by atoms with Crippen LogP contribution in [0.3, 0.4) is 0 Å². The SMILES string of the molecule is Cc1cn([C@H]2C[C@H](NC(=O)[C@@H]3CCCN3)[C@@H](CO[Si](c3ccccc3)(c3ccccc3)C(C)(C)C)O2)c(=O)[nH]c1=O. The molecule has 41 heavy (non-hydrogen) atoms. The van der Waals surface area contributed by atoms with Crippen LogP contribution in [0.4, 0.5) is 0 Å². The molecule has 2 aromatic carbocycles. The number of aromatic amines is 1. The van der Waals surface area contributed by atoms with Gasteiger partial charge in [0.25, 0.3) is 13.9 Å². The van der Waals surface area contributed by atoms with Crippen molar-refractivity contribution in [3.05, 3.63) is 93.3 Å². The average Bonchev–Trinajstić information content (AvgIpc) is 3.62. The molecule has 0 saturated carbocycles. The summed E-state index contributed by atoms with van der Waals surface area (Å²) in [6.07, 6.45) is 2.46. The van der Waals surface area contributed by atoms with Crippen LogP contribution in [-0.4, -0.2) is 55.1 Å². The van der Waals surface area contributed by atoms with Gasteiger partial charge in [0.1, 0.15) is 12.3 Å². The van der Waals surface area contributed by atoms with E-state index in [1.54, 1.807) is 6.92 Å². The predicted octanol–water partition coefficient (Wildman–Crippen LogP) is 1.95. The smallest absolute Gasteiger partial charge is 0.330 e. The minimum absolute atomic E-state index is 0.0720. The first-order chi connectivity index (χ1) is 19.6. The lowest BCUT2D eigenvalue weighted by molar-refractivity contribution is -0.124. The summed E-state index contributed by atoms with van der Waals surface area (Å²) in [6, 6.07) is 20.1. The molecule has 1 aromatic heterocycles. The molecule has 2 aliphatic heterocycles. The van der Waals surface area contributed by atoms with Gasteiger partial charge < -0.3 is 19.8 Å². The Bertz CT molecular complexity index is 1420. The Balaban J connectivity index is 1.49. The van der Waals surface area contributed by atoms with E-state index < -0.39 is 31.9 Å². The number of aryl methyl sites for hydroxylation is 1. The minimum atomic E-state index is -2.86. The summed E-state index contributed by atoms with van der Waals surface area (Å²) >= 11 is 0. The average molecular weight is 577 g/mol. The Labute approximate surface area is 241 Å². The number of rotatable bonds is 8. The molecule has 2 aliphatic rings. The van der Waals surface area contributed by atoms with Crippen LogP contribution < -0.4 is 32.3 Å². The van der Waals surface area contributed by atoms with Crippen LogP contribution >= 0.6 is 0 Å². The van der Waals surface area contributed by atoms with Crippen molar-refractivity contribution >= 4 is 24.6 Å². The maximum absolute atomic E-state index is 13.2. The van der Waals surface area contributed by atoms with E-state index in [0.29, 0.717) is 12.0 Å². The lowest BCUT2D eigenvalue weighted by atomic mass is 10.1. The van der Waals surface area contributed by atoms with Crippen molar-refractivity contribution in [3.8, 4) is 0 Å². The van der Waals surface area contributed by atoms with E-state index in [2.05, 4.69) is 60.7 Å². The van der Waals surface area contributed by atoms with Gasteiger partial charge in [0, 0.05) is 18.2 Å². The maximum atomic E-state index is 13.2. The summed E-state index contributed by atoms with van der Waals surface area (Å²) in [5, 5.41) is 8.52. The molecule has 10 heteroatoms. The molecule has 0 radical (unpaired) electrons. The Morgan fingerprint density at radius 3 is 2.27 bits per heavy atom. The van der Waals surface area contributed by atoms with Gasteiger partial charge in [-0.05, 0) is 41.7 Å². The van der Waals surface area contributed by atoms with Gasteiger partial charge in [-0.3, -0.25) is 19.1 Å². The number of nitrogens with one attached hydrogen (secondary N) is 3. The number of carbonyl (C=O) groups excluding carboxylic acids is 1. The lowest BCUT2D eigenvalue weighted by Gasteiger charge is -2.43. The third kappa shape index (κ3) is 5.87. The standard InChI is InChI=1S/C31H40N4O5Si/c1-21-19-35(30(38)34-28(21)36)27-18-25(33-29(37)24-16-11-17-32-24)26(40-27)20-39-41(31(2,3)4,22-12-7-5-8-13-22)23-14-9-6-10-15-23/h5-10,12-15,19,24-27,32H,11,16-18,20H2,1-4H3,(H,33,37)(H,34,36,38)/t24-,25-,26+,27+/m0/s1. The van der Waals surface area contributed by atoms with Gasteiger partial charge in [0.2, 0.25) is 5.91 Å². The van der Waals surface area contributed by atoms with Crippen molar-refractivity contribution in [1.29, 1.82) is 0 Å². The zero-order chi connectivity index (χ0) is 29.2. The Morgan fingerprint density at radius 1 is 1.07 bits per heavy atom. The molecule has 0 bridgehead atoms. The second kappa shape index (κ2) is 11.9. The molecule has 0 spiro atoms. The molecule has 1 amide bonds. The van der Waals surface area contributed by atoms with E-state index >= 15 is 0 Å². The first-order valence-corrected chi connectivity index (χ1v) is 16.3. The van der Waals surface area contributed by atoms with Crippen LogP contribution in [-0.2, 0) is 14.0 Å². The molecule has 2 saturated heterocycles. The maximum Gasteiger partial charge on any atom is 0.330 e. The highest BCUT2D eigenvalue weighted by atomic mass is 28.4. The summed E-state index contributed by atoms with van der Waals surface area (Å²) in [5.74, 6) is -0.0720. The number of hydrogen-bond donors (Lipinski definition) is 3. The molecule has 218 valence electrons. The van der Waals surface area contributed by atoms with Crippen LogP contribution in [0, 0.1) is 6.92 Å². The molecule has 3 aromatic rings. The van der Waals surface area contributed by atoms with Crippen molar-refractivity contribution in [2.24, 2.45) is 0 Å². The Morgan fingerprint density at radius 2 is 1.71 bits per heavy atom. The van der Waals surface area contributed by atoms with Crippen molar-refractivity contribution < 1.29 is 14.0 Å². The van der Waals surface area contributed by atoms with Gasteiger partial charge in [0.05, 0.1) is 18.7 Å². The lowest BCUT2D eigenvalue weighted by Crippen LogP contribution is -2.67. The number of hydrogen-bond acceptors (Lipinski definition) is 6. The van der Waals surface area contributed by atoms with E-state index in [0.717, 1.165) is 29.8 Å². The van der Waals surface area contributed by atoms with E-state index in [1.807, 2.05) is 36.4 Å². The number of H-pyrrole nitrogens is 1. The third-order valence-corrected chi connectivity index (χ3v) is 13.3. The fraction of sp³-hybridized carbons (Fsp3) is 0.452. The highest BCUT2D eigenvalue weighted by Gasteiger charge is 2.51. The first kappa shape index (κ1) is 29.2. The van der Waals surface area contributed by atoms with Gasteiger partial charge in [-0.2, -0.15) is 0 Å². The molecule has 0 aliphatic carbocycles. The summed E-state index contributed by atoms with van der Waals surface area (Å²) < 4.78 is 15.0. The molecule has 3 N–H and O–H groups in total. The highest BCUT2D eigenvalue weighted by Crippen LogP contribution is 2.38. The summed E-state index contributed by atoms with van der Waals surface area (Å²) in [6.45, 7) is 9.33. The van der Waals surface area contributed by atoms with Gasteiger partial charge in [-0.1, -0.05) is 81.4 Å². The molecule has 3 heterocycles. The van der Waals surface area contributed by atoms with Crippen LogP contribution in [0.1, 0.15) is 51.8 Å². The van der Waals surface area contributed by atoms with Crippen molar-refractivity contribution in [2.75, 3.05) is 13.2 Å². The van der Waals surface area contributed by atoms with Crippen molar-refractivity contribution in [2.45, 2.75) is 76.4 Å². The van der Waals surface area contributed by atoms with Gasteiger partial charge in [-0.25, -0.2) is 4.79 Å². The molecule has 0 unspecified atom stereocenters. The normalized spacial score (nSPS) is 23.0. The monoisotopic (exact) mass is 576 g/mol. The molecular weight excluding hydrogens is 536 g/mol. The zero-order valence-corrected chi connectivity index (χ0v) is 25.2. The second-order valence-electron chi connectivity index (χ2n) is 12.1. The van der Waals surface area contributed by atoms with Crippen molar-refractivity contribution in [3.63, 3.8) is 0 Å². The highest BCUT2D eigenvalue weighted by molar-refractivity contribution is 6.99. The number of nitrogens with zero attached hydrogens (tertiary/aromatic N) is 1. The first-order valence-electron chi connectivity index (χ1n) is 14.4. The van der Waals surface area contributed by atoms with Crippen LogP contribution in [0.25, 0.3) is 0 Å². The summed E-state index contributed by atoms with van der Waals surface area (Å²) in [7, 11) is -2.86. The molecule has 5 rings (SSSR count). The van der Waals surface area contributed by atoms with Crippen LogP contribution in [0.15, 0.2) is 76.4 Å². The molecule has 9 nitrogen and oxygen atoms in total. The largest absolute Gasteiger partial charge is 0.405 e. The number of benzene rings is 2. The van der Waals surface area contributed by atoms with Gasteiger partial charge >= 0.3 is 5.69 Å². The Hall–Kier alpha value is -3.31. The van der Waals surface area contributed by atoms with E-state index in [1.165, 1.54) is 10.8 Å². The van der Waals surface area contributed by atoms with Crippen molar-refractivity contribution in [1.82, 2.24) is 20.2 Å². The number of aromatic nitrogens is 2. The van der Waals surface area contributed by atoms with E-state index in [4.69, 9.17) is 9.16 Å². The number of carbonyl (C=O) groups is 1. The second-order valence-corrected chi connectivity index (χ2v) is 16.4. The van der Waals surface area contributed by atoms with Gasteiger partial charge in [0.15, 0.2) is 0 Å². The topological polar surface area (TPSA) is 114 Å².